The van der Waals surface area contributed by atoms with Crippen molar-refractivity contribution in [2.24, 2.45) is 0 Å². The van der Waals surface area contributed by atoms with Gasteiger partial charge in [-0.15, -0.1) is 0 Å². The SMILES string of the molecule is COc1cc(C(=O)O)ccc1NC(=O)CNC(=O)c1ccc(C(C)(C)C)cc1. The molecule has 2 rings (SSSR count). The van der Waals surface area contributed by atoms with E-state index in [-0.39, 0.29) is 29.2 Å². The van der Waals surface area contributed by atoms with Crippen molar-refractivity contribution in [1.82, 2.24) is 5.32 Å². The molecule has 0 fully saturated rings. The Kier molecular flexibility index (Phi) is 6.41. The number of amides is 2. The summed E-state index contributed by atoms with van der Waals surface area (Å²) in [5, 5.41) is 14.2. The Hall–Kier alpha value is -3.35. The van der Waals surface area contributed by atoms with E-state index in [0.717, 1.165) is 5.56 Å². The van der Waals surface area contributed by atoms with E-state index < -0.39 is 11.9 Å². The monoisotopic (exact) mass is 384 g/mol. The molecule has 0 aliphatic heterocycles. The van der Waals surface area contributed by atoms with Crippen LogP contribution in [0.15, 0.2) is 42.5 Å². The van der Waals surface area contributed by atoms with E-state index in [4.69, 9.17) is 9.84 Å². The van der Waals surface area contributed by atoms with Crippen LogP contribution in [0.1, 0.15) is 47.1 Å². The molecule has 0 aliphatic rings. The third-order valence-corrected chi connectivity index (χ3v) is 4.15. The van der Waals surface area contributed by atoms with Crippen LogP contribution in [0.3, 0.4) is 0 Å². The molecule has 0 aromatic heterocycles. The fourth-order valence-electron chi connectivity index (χ4n) is 2.51. The number of methoxy groups -OCH3 is 1. The number of carbonyl (C=O) groups is 3. The second kappa shape index (κ2) is 8.56. The van der Waals surface area contributed by atoms with E-state index in [1.54, 1.807) is 12.1 Å². The maximum atomic E-state index is 12.2. The smallest absolute Gasteiger partial charge is 0.335 e. The second-order valence-corrected chi connectivity index (χ2v) is 7.28. The lowest BCUT2D eigenvalue weighted by Gasteiger charge is -2.19. The van der Waals surface area contributed by atoms with Gasteiger partial charge in [0.1, 0.15) is 5.75 Å². The summed E-state index contributed by atoms with van der Waals surface area (Å²) in [6.07, 6.45) is 0. The first-order valence-electron chi connectivity index (χ1n) is 8.71. The van der Waals surface area contributed by atoms with Crippen molar-refractivity contribution in [2.75, 3.05) is 19.0 Å². The first-order chi connectivity index (χ1) is 13.1. The summed E-state index contributed by atoms with van der Waals surface area (Å²) in [7, 11) is 1.37. The van der Waals surface area contributed by atoms with Crippen LogP contribution < -0.4 is 15.4 Å². The Bertz CT molecular complexity index is 883. The largest absolute Gasteiger partial charge is 0.495 e. The highest BCUT2D eigenvalue weighted by atomic mass is 16.5. The molecule has 7 heteroatoms. The van der Waals surface area contributed by atoms with E-state index in [1.807, 2.05) is 12.1 Å². The number of nitrogens with one attached hydrogen (secondary N) is 2. The molecule has 0 bridgehead atoms. The van der Waals surface area contributed by atoms with Gasteiger partial charge in [-0.3, -0.25) is 9.59 Å². The highest BCUT2D eigenvalue weighted by Gasteiger charge is 2.15. The second-order valence-electron chi connectivity index (χ2n) is 7.28. The fourth-order valence-corrected chi connectivity index (χ4v) is 2.51. The van der Waals surface area contributed by atoms with Gasteiger partial charge in [-0.05, 0) is 41.3 Å². The van der Waals surface area contributed by atoms with E-state index in [9.17, 15) is 14.4 Å². The van der Waals surface area contributed by atoms with Crippen LogP contribution in [-0.2, 0) is 10.2 Å². The van der Waals surface area contributed by atoms with Crippen LogP contribution in [0.25, 0.3) is 0 Å². The maximum Gasteiger partial charge on any atom is 0.335 e. The van der Waals surface area contributed by atoms with Crippen molar-refractivity contribution in [3.63, 3.8) is 0 Å². The van der Waals surface area contributed by atoms with Crippen molar-refractivity contribution in [1.29, 1.82) is 0 Å². The van der Waals surface area contributed by atoms with Gasteiger partial charge >= 0.3 is 5.97 Å². The zero-order valence-electron chi connectivity index (χ0n) is 16.3. The van der Waals surface area contributed by atoms with E-state index in [2.05, 4.69) is 31.4 Å². The molecule has 7 nitrogen and oxygen atoms in total. The van der Waals surface area contributed by atoms with E-state index in [1.165, 1.54) is 25.3 Å². The Labute approximate surface area is 163 Å². The number of anilines is 1. The molecule has 0 atom stereocenters. The van der Waals surface area contributed by atoms with E-state index >= 15 is 0 Å². The molecule has 0 unspecified atom stereocenters. The number of ether oxygens (including phenoxy) is 1. The molecule has 0 saturated heterocycles. The molecule has 2 amide bonds. The minimum absolute atomic E-state index is 0.00979. The molecule has 0 radical (unpaired) electrons. The summed E-state index contributed by atoms with van der Waals surface area (Å²) >= 11 is 0. The number of hydrogen-bond donors (Lipinski definition) is 3. The van der Waals surface area contributed by atoms with Gasteiger partial charge in [-0.25, -0.2) is 4.79 Å². The fraction of sp³-hybridized carbons (Fsp3) is 0.286. The molecule has 0 saturated carbocycles. The first kappa shape index (κ1) is 21.0. The van der Waals surface area contributed by atoms with Crippen LogP contribution in [0, 0.1) is 0 Å². The zero-order chi connectivity index (χ0) is 20.9. The molecular weight excluding hydrogens is 360 g/mol. The number of benzene rings is 2. The lowest BCUT2D eigenvalue weighted by molar-refractivity contribution is -0.115. The van der Waals surface area contributed by atoms with Gasteiger partial charge in [0.2, 0.25) is 5.91 Å². The number of aromatic carboxylic acids is 1. The highest BCUT2D eigenvalue weighted by Crippen LogP contribution is 2.25. The maximum absolute atomic E-state index is 12.2. The number of hydrogen-bond acceptors (Lipinski definition) is 4. The molecule has 148 valence electrons. The minimum Gasteiger partial charge on any atom is -0.495 e. The lowest BCUT2D eigenvalue weighted by Crippen LogP contribution is -2.33. The third kappa shape index (κ3) is 5.33. The van der Waals surface area contributed by atoms with Gasteiger partial charge < -0.3 is 20.5 Å². The van der Waals surface area contributed by atoms with Gasteiger partial charge in [0, 0.05) is 5.56 Å². The van der Waals surface area contributed by atoms with Crippen LogP contribution in [0.2, 0.25) is 0 Å². The predicted octanol–water partition coefficient (Wildman–Crippen LogP) is 3.06. The van der Waals surface area contributed by atoms with Gasteiger partial charge in [-0.2, -0.15) is 0 Å². The predicted molar refractivity (Wildman–Crippen MR) is 106 cm³/mol. The number of carboxylic acids is 1. The zero-order valence-corrected chi connectivity index (χ0v) is 16.3. The lowest BCUT2D eigenvalue weighted by atomic mass is 9.87. The molecule has 2 aromatic carbocycles. The van der Waals surface area contributed by atoms with Crippen molar-refractivity contribution in [3.05, 3.63) is 59.2 Å². The van der Waals surface area contributed by atoms with Gasteiger partial charge in [0.15, 0.2) is 0 Å². The Morgan fingerprint density at radius 1 is 1.00 bits per heavy atom. The quantitative estimate of drug-likeness (QED) is 0.710. The van der Waals surface area contributed by atoms with Gasteiger partial charge in [0.05, 0.1) is 24.9 Å². The average molecular weight is 384 g/mol. The third-order valence-electron chi connectivity index (χ3n) is 4.15. The molecule has 0 spiro atoms. The number of carbonyl (C=O) groups excluding carboxylic acids is 2. The summed E-state index contributed by atoms with van der Waals surface area (Å²) in [5.41, 5.74) is 1.93. The molecule has 0 heterocycles. The highest BCUT2D eigenvalue weighted by molar-refractivity contribution is 6.00. The summed E-state index contributed by atoms with van der Waals surface area (Å²) in [6.45, 7) is 6.03. The Morgan fingerprint density at radius 2 is 1.61 bits per heavy atom. The molecule has 0 aliphatic carbocycles. The van der Waals surface area contributed by atoms with Crippen LogP contribution >= 0.6 is 0 Å². The normalized spacial score (nSPS) is 10.9. The van der Waals surface area contributed by atoms with Crippen molar-refractivity contribution < 1.29 is 24.2 Å². The topological polar surface area (TPSA) is 105 Å². The first-order valence-corrected chi connectivity index (χ1v) is 8.71. The van der Waals surface area contributed by atoms with Crippen LogP contribution in [0.4, 0.5) is 5.69 Å². The Morgan fingerprint density at radius 3 is 2.14 bits per heavy atom. The van der Waals surface area contributed by atoms with Gasteiger partial charge in [-0.1, -0.05) is 32.9 Å². The van der Waals surface area contributed by atoms with Crippen LogP contribution in [-0.4, -0.2) is 36.5 Å². The minimum atomic E-state index is -1.10. The van der Waals surface area contributed by atoms with E-state index in [0.29, 0.717) is 11.3 Å². The summed E-state index contributed by atoms with van der Waals surface area (Å²) in [5.74, 6) is -1.69. The standard InChI is InChI=1S/C21H24N2O5/c1-21(2,3)15-8-5-13(6-9-15)19(25)22-12-18(24)23-16-10-7-14(20(26)27)11-17(16)28-4/h5-11H,12H2,1-4H3,(H,22,25)(H,23,24)(H,26,27). The molecule has 3 N–H and O–H groups in total. The summed E-state index contributed by atoms with van der Waals surface area (Å²) in [4.78, 5) is 35.3. The average Bonchev–Trinajstić information content (AvgIpc) is 2.65. The molecule has 28 heavy (non-hydrogen) atoms. The van der Waals surface area contributed by atoms with Crippen molar-refractivity contribution >= 4 is 23.5 Å². The van der Waals surface area contributed by atoms with Crippen LogP contribution in [0.5, 0.6) is 5.75 Å². The van der Waals surface area contributed by atoms with Gasteiger partial charge in [0.25, 0.3) is 5.91 Å². The number of carboxylic acid groups (broad SMARTS) is 1. The Balaban J connectivity index is 1.97. The number of rotatable bonds is 6. The summed E-state index contributed by atoms with van der Waals surface area (Å²) < 4.78 is 5.11. The van der Waals surface area contributed by atoms with Crippen molar-refractivity contribution in [2.45, 2.75) is 26.2 Å². The molecule has 2 aromatic rings. The summed E-state index contributed by atoms with van der Waals surface area (Å²) in [6, 6.07) is 11.3. The molecular formula is C21H24N2O5. The van der Waals surface area contributed by atoms with Crippen molar-refractivity contribution in [3.8, 4) is 5.75 Å².